The van der Waals surface area contributed by atoms with Crippen molar-refractivity contribution >= 4 is 18.1 Å². The smallest absolute Gasteiger partial charge is 0.407 e. The van der Waals surface area contributed by atoms with Crippen molar-refractivity contribution in [2.24, 2.45) is 11.8 Å². The number of nitrogens with zero attached hydrogens (tertiary/aromatic N) is 4. The van der Waals surface area contributed by atoms with Crippen LogP contribution < -0.4 is 10.6 Å². The number of amides is 3. The largest absolute Gasteiger partial charge is 0.453 e. The Balaban J connectivity index is 0.982. The summed E-state index contributed by atoms with van der Waals surface area (Å²) in [4.78, 5) is 60.4. The van der Waals surface area contributed by atoms with E-state index in [4.69, 9.17) is 28.9 Å². The molecule has 9 rings (SSSR count). The van der Waals surface area contributed by atoms with E-state index in [9.17, 15) is 14.4 Å². The number of benzene rings is 2. The number of carbonyl (C=O) groups is 3. The van der Waals surface area contributed by atoms with Crippen LogP contribution in [0, 0.1) is 11.8 Å². The zero-order valence-electron chi connectivity index (χ0n) is 39.9. The molecule has 1 unspecified atom stereocenters. The summed E-state index contributed by atoms with van der Waals surface area (Å²) in [6.45, 7) is 14.5. The number of aromatic amines is 2. The molecule has 15 heteroatoms. The Morgan fingerprint density at radius 3 is 2.12 bits per heavy atom. The lowest BCUT2D eigenvalue weighted by Gasteiger charge is -2.45. The normalized spacial score (nSPS) is 22.8. The van der Waals surface area contributed by atoms with Crippen molar-refractivity contribution in [1.29, 1.82) is 0 Å². The van der Waals surface area contributed by atoms with Gasteiger partial charge in [-0.1, -0.05) is 76.9 Å². The maximum absolute atomic E-state index is 14.1. The lowest BCUT2D eigenvalue weighted by atomic mass is 9.76. The van der Waals surface area contributed by atoms with Crippen LogP contribution in [0.15, 0.2) is 48.8 Å². The van der Waals surface area contributed by atoms with E-state index in [2.05, 4.69) is 89.6 Å². The number of rotatable bonds is 12. The number of hydrogen-bond donors (Lipinski definition) is 4. The lowest BCUT2D eigenvalue weighted by molar-refractivity contribution is -0.153. The predicted molar refractivity (Wildman–Crippen MR) is 250 cm³/mol. The Morgan fingerprint density at radius 2 is 1.45 bits per heavy atom. The molecular formula is C51H68N8O7. The number of fused-ring (bicyclic) bond motifs is 2. The molecule has 4 fully saturated rings. The van der Waals surface area contributed by atoms with Crippen LogP contribution in [0.3, 0.4) is 0 Å². The van der Waals surface area contributed by atoms with E-state index in [1.165, 1.54) is 67.7 Å². The van der Waals surface area contributed by atoms with Crippen molar-refractivity contribution < 1.29 is 33.3 Å². The van der Waals surface area contributed by atoms with E-state index in [0.29, 0.717) is 25.5 Å². The van der Waals surface area contributed by atoms with Gasteiger partial charge in [0, 0.05) is 18.0 Å². The molecule has 5 heterocycles. The molecule has 2 aliphatic carbocycles. The van der Waals surface area contributed by atoms with Crippen molar-refractivity contribution in [2.75, 3.05) is 40.5 Å². The van der Waals surface area contributed by atoms with Crippen LogP contribution >= 0.6 is 0 Å². The molecule has 3 amide bonds. The molecule has 5 aliphatic rings. The summed E-state index contributed by atoms with van der Waals surface area (Å²) >= 11 is 0. The molecule has 0 bridgehead atoms. The fraction of sp³-hybridized carbons (Fsp3) is 0.588. The molecule has 0 radical (unpaired) electrons. The van der Waals surface area contributed by atoms with Gasteiger partial charge in [0.15, 0.2) is 5.79 Å². The van der Waals surface area contributed by atoms with Gasteiger partial charge in [0.05, 0.1) is 75.4 Å². The second kappa shape index (κ2) is 18.1. The van der Waals surface area contributed by atoms with E-state index >= 15 is 0 Å². The third-order valence-corrected chi connectivity index (χ3v) is 16.1. The average molecular weight is 905 g/mol. The predicted octanol–water partition coefficient (Wildman–Crippen LogP) is 8.59. The van der Waals surface area contributed by atoms with Gasteiger partial charge in [-0.3, -0.25) is 9.69 Å². The van der Waals surface area contributed by atoms with Crippen LogP contribution in [-0.2, 0) is 35.6 Å². The Bertz CT molecular complexity index is 2410. The van der Waals surface area contributed by atoms with Crippen molar-refractivity contribution in [3.63, 3.8) is 0 Å². The molecule has 3 aliphatic heterocycles. The number of nitrogens with one attached hydrogen (secondary N) is 4. The minimum absolute atomic E-state index is 0.0496. The number of alkyl carbamates (subject to hydrolysis) is 2. The van der Waals surface area contributed by atoms with Crippen molar-refractivity contribution in [3.8, 4) is 33.6 Å². The molecule has 3 saturated heterocycles. The Labute approximate surface area is 388 Å². The number of ether oxygens (including phenoxy) is 4. The summed E-state index contributed by atoms with van der Waals surface area (Å²) in [6, 6.07) is 12.3. The maximum atomic E-state index is 14.1. The Hall–Kier alpha value is -5.25. The number of carbonyl (C=O) groups excluding carboxylic acids is 3. The monoisotopic (exact) mass is 905 g/mol. The van der Waals surface area contributed by atoms with Gasteiger partial charge < -0.3 is 44.4 Å². The third kappa shape index (κ3) is 8.18. The molecule has 2 aromatic carbocycles. The van der Waals surface area contributed by atoms with E-state index in [1.807, 2.05) is 26.2 Å². The summed E-state index contributed by atoms with van der Waals surface area (Å²) in [6.07, 6.45) is 12.4. The molecule has 15 nitrogen and oxygen atoms in total. The van der Waals surface area contributed by atoms with Crippen LogP contribution in [0.4, 0.5) is 9.59 Å². The molecule has 2 aromatic heterocycles. The molecule has 5 atom stereocenters. The minimum atomic E-state index is -0.925. The number of hydrogen-bond acceptors (Lipinski definition) is 10. The quantitative estimate of drug-likeness (QED) is 0.108. The molecule has 2 spiro atoms. The topological polar surface area (TPSA) is 176 Å². The molecule has 4 N–H and O–H groups in total. The molecule has 4 aromatic rings. The Kier molecular flexibility index (Phi) is 12.6. The van der Waals surface area contributed by atoms with Gasteiger partial charge in [-0.05, 0) is 104 Å². The minimum Gasteiger partial charge on any atom is -0.453 e. The van der Waals surface area contributed by atoms with Crippen LogP contribution in [0.25, 0.3) is 33.6 Å². The fourth-order valence-electron chi connectivity index (χ4n) is 12.0. The number of likely N-dealkylation sites (tertiary alicyclic amines) is 2. The van der Waals surface area contributed by atoms with Crippen molar-refractivity contribution in [3.05, 3.63) is 71.6 Å². The highest BCUT2D eigenvalue weighted by Crippen LogP contribution is 2.55. The first-order valence-electron chi connectivity index (χ1n) is 24.1. The van der Waals surface area contributed by atoms with E-state index in [0.717, 1.165) is 55.0 Å². The van der Waals surface area contributed by atoms with Gasteiger partial charge >= 0.3 is 12.2 Å². The van der Waals surface area contributed by atoms with Gasteiger partial charge in [0.25, 0.3) is 0 Å². The van der Waals surface area contributed by atoms with Gasteiger partial charge in [-0.15, -0.1) is 0 Å². The summed E-state index contributed by atoms with van der Waals surface area (Å²) < 4.78 is 22.1. The molecule has 66 heavy (non-hydrogen) atoms. The lowest BCUT2D eigenvalue weighted by Crippen LogP contribution is -2.62. The highest BCUT2D eigenvalue weighted by atomic mass is 16.7. The zero-order chi connectivity index (χ0) is 46.5. The van der Waals surface area contributed by atoms with Crippen LogP contribution in [0.2, 0.25) is 0 Å². The molecule has 1 saturated carbocycles. The summed E-state index contributed by atoms with van der Waals surface area (Å²) in [5.41, 5.74) is 9.23. The van der Waals surface area contributed by atoms with Gasteiger partial charge in [-0.25, -0.2) is 19.6 Å². The highest BCUT2D eigenvalue weighted by molar-refractivity contribution is 5.87. The third-order valence-electron chi connectivity index (χ3n) is 16.1. The number of H-pyrrole nitrogens is 2. The van der Waals surface area contributed by atoms with Crippen molar-refractivity contribution in [2.45, 2.75) is 140 Å². The maximum Gasteiger partial charge on any atom is 0.407 e. The van der Waals surface area contributed by atoms with E-state index in [1.54, 1.807) is 4.90 Å². The second-order valence-corrected chi connectivity index (χ2v) is 20.2. The van der Waals surface area contributed by atoms with E-state index in [-0.39, 0.29) is 41.8 Å². The van der Waals surface area contributed by atoms with Crippen LogP contribution in [0.5, 0.6) is 0 Å². The van der Waals surface area contributed by atoms with Gasteiger partial charge in [0.1, 0.15) is 17.7 Å². The zero-order valence-corrected chi connectivity index (χ0v) is 39.9. The number of aromatic nitrogens is 4. The first-order valence-corrected chi connectivity index (χ1v) is 24.1. The first-order chi connectivity index (χ1) is 31.7. The highest BCUT2D eigenvalue weighted by Gasteiger charge is 2.53. The van der Waals surface area contributed by atoms with Gasteiger partial charge in [0.2, 0.25) is 5.91 Å². The summed E-state index contributed by atoms with van der Waals surface area (Å²) in [7, 11) is 2.71. The number of methoxy groups -OCH3 is 2. The van der Waals surface area contributed by atoms with Crippen molar-refractivity contribution in [1.82, 2.24) is 40.4 Å². The van der Waals surface area contributed by atoms with Crippen LogP contribution in [-0.4, -0.2) is 112 Å². The molecular weight excluding hydrogens is 837 g/mol. The first kappa shape index (κ1) is 45.9. The van der Waals surface area contributed by atoms with Crippen LogP contribution in [0.1, 0.15) is 128 Å². The Morgan fingerprint density at radius 1 is 0.818 bits per heavy atom. The summed E-state index contributed by atoms with van der Waals surface area (Å²) in [5, 5.41) is 5.90. The average Bonchev–Trinajstić information content (AvgIpc) is 4.19. The second-order valence-electron chi connectivity index (χ2n) is 20.2. The van der Waals surface area contributed by atoms with E-state index < -0.39 is 35.6 Å². The SMILES string of the molecule is COC(=O)N[C@H](C(=O)N1CC2(C[C@H]1c1ncc(-c3ccc(-c4ccc(-c5cnc([C@@H]6CCCN6C(C)[C@@](C)(NC(=O)OC)C(C)C)[nH]5)c5c4C4(CCCC4)CC5)cc3)[nH]1)OCCO2)C(C)C. The van der Waals surface area contributed by atoms with Gasteiger partial charge in [-0.2, -0.15) is 0 Å². The standard InChI is InChI=1S/C51H68N8O7/c1-30(2)43(56-47(61)63-7)46(60)59-29-51(65-24-25-66-51)26-41(59)45-52-27-38(54-45)34-15-13-33(14-16-34)35-17-18-36(37-19-22-50(42(35)37)20-9-10-21-50)39-28-53-44(55-39)40-12-11-23-58(40)32(5)49(6,31(3)4)57-48(62)64-8/h13-18,27-28,30-32,40-41,43H,9-12,19-26,29H2,1-8H3,(H,52,54)(H,53,55)(H,56,61)(H,57,62)/t32?,40-,41-,43-,49-/m0/s1. The summed E-state index contributed by atoms with van der Waals surface area (Å²) in [5.74, 6) is 0.451. The number of imidazole rings is 2. The molecule has 354 valence electrons. The fourth-order valence-corrected chi connectivity index (χ4v) is 12.0.